The van der Waals surface area contributed by atoms with Crippen molar-refractivity contribution in [2.45, 2.75) is 0 Å². The maximum Gasteiger partial charge on any atom is 0.257 e. The number of hydrogen-bond donors (Lipinski definition) is 3. The summed E-state index contributed by atoms with van der Waals surface area (Å²) < 4.78 is 39.1. The summed E-state index contributed by atoms with van der Waals surface area (Å²) in [5.41, 5.74) is 5.40. The van der Waals surface area contributed by atoms with Gasteiger partial charge in [-0.1, -0.05) is 0 Å². The SMILES string of the molecule is NC(=O)c1ccc(NC(=S)NC(=O)c2cc(F)c(F)c(F)c2)cc1. The maximum absolute atomic E-state index is 13.1. The van der Waals surface area contributed by atoms with Crippen LogP contribution in [0.4, 0.5) is 18.9 Å². The Hall–Kier alpha value is -2.94. The Balaban J connectivity index is 2.04. The summed E-state index contributed by atoms with van der Waals surface area (Å²) in [6.07, 6.45) is 0. The van der Waals surface area contributed by atoms with Crippen molar-refractivity contribution in [3.05, 3.63) is 65.0 Å². The minimum absolute atomic E-state index is 0.156. The van der Waals surface area contributed by atoms with E-state index >= 15 is 0 Å². The molecule has 0 saturated carbocycles. The van der Waals surface area contributed by atoms with E-state index in [1.54, 1.807) is 0 Å². The molecule has 2 amide bonds. The van der Waals surface area contributed by atoms with E-state index in [9.17, 15) is 22.8 Å². The van der Waals surface area contributed by atoms with Gasteiger partial charge in [-0.15, -0.1) is 0 Å². The predicted octanol–water partition coefficient (Wildman–Crippen LogP) is 2.33. The van der Waals surface area contributed by atoms with Gasteiger partial charge in [-0.05, 0) is 48.6 Å². The van der Waals surface area contributed by atoms with Gasteiger partial charge in [0.25, 0.3) is 5.91 Å². The Morgan fingerprint density at radius 3 is 2.00 bits per heavy atom. The zero-order valence-corrected chi connectivity index (χ0v) is 12.7. The van der Waals surface area contributed by atoms with Crippen molar-refractivity contribution < 1.29 is 22.8 Å². The molecule has 24 heavy (non-hydrogen) atoms. The van der Waals surface area contributed by atoms with E-state index in [0.717, 1.165) is 0 Å². The molecule has 0 atom stereocenters. The van der Waals surface area contributed by atoms with Gasteiger partial charge >= 0.3 is 0 Å². The third-order valence-corrected chi connectivity index (χ3v) is 3.10. The van der Waals surface area contributed by atoms with Gasteiger partial charge in [0.05, 0.1) is 0 Å². The van der Waals surface area contributed by atoms with Gasteiger partial charge < -0.3 is 11.1 Å². The first-order valence-corrected chi connectivity index (χ1v) is 6.85. The summed E-state index contributed by atoms with van der Waals surface area (Å²) in [7, 11) is 0. The van der Waals surface area contributed by atoms with Crippen LogP contribution in [0.15, 0.2) is 36.4 Å². The highest BCUT2D eigenvalue weighted by atomic mass is 32.1. The van der Waals surface area contributed by atoms with E-state index in [4.69, 9.17) is 18.0 Å². The first-order chi connectivity index (χ1) is 11.3. The zero-order chi connectivity index (χ0) is 17.9. The molecule has 0 spiro atoms. The second-order valence-electron chi connectivity index (χ2n) is 4.60. The van der Waals surface area contributed by atoms with Crippen molar-refractivity contribution in [3.8, 4) is 0 Å². The van der Waals surface area contributed by atoms with Crippen molar-refractivity contribution in [1.29, 1.82) is 0 Å². The molecule has 0 radical (unpaired) electrons. The van der Waals surface area contributed by atoms with Crippen LogP contribution in [0, 0.1) is 17.5 Å². The Labute approximate surface area is 139 Å². The van der Waals surface area contributed by atoms with Gasteiger partial charge in [-0.25, -0.2) is 13.2 Å². The van der Waals surface area contributed by atoms with E-state index < -0.39 is 34.8 Å². The predicted molar refractivity (Wildman–Crippen MR) is 85.0 cm³/mol. The van der Waals surface area contributed by atoms with Gasteiger partial charge in [0, 0.05) is 16.8 Å². The summed E-state index contributed by atoms with van der Waals surface area (Å²) in [5, 5.41) is 4.67. The molecule has 0 fully saturated rings. The topological polar surface area (TPSA) is 84.2 Å². The number of rotatable bonds is 3. The summed E-state index contributed by atoms with van der Waals surface area (Å²) in [4.78, 5) is 22.8. The molecule has 4 N–H and O–H groups in total. The second kappa shape index (κ2) is 7.09. The first kappa shape index (κ1) is 17.4. The van der Waals surface area contributed by atoms with E-state index in [1.165, 1.54) is 24.3 Å². The quantitative estimate of drug-likeness (QED) is 0.584. The minimum Gasteiger partial charge on any atom is -0.366 e. The van der Waals surface area contributed by atoms with E-state index in [2.05, 4.69) is 10.6 Å². The van der Waals surface area contributed by atoms with E-state index in [-0.39, 0.29) is 10.7 Å². The zero-order valence-electron chi connectivity index (χ0n) is 11.9. The molecular weight excluding hydrogens is 343 g/mol. The number of anilines is 1. The standard InChI is InChI=1S/C15H10F3N3O2S/c16-10-5-8(6-11(17)12(10)18)14(23)21-15(24)20-9-3-1-7(2-4-9)13(19)22/h1-6H,(H2,19,22)(H2,20,21,23,24). The van der Waals surface area contributed by atoms with Crippen molar-refractivity contribution in [2.24, 2.45) is 5.73 Å². The van der Waals surface area contributed by atoms with Crippen LogP contribution in [0.5, 0.6) is 0 Å². The van der Waals surface area contributed by atoms with Crippen LogP contribution in [0.1, 0.15) is 20.7 Å². The Kier molecular flexibility index (Phi) is 5.14. The Morgan fingerprint density at radius 1 is 0.958 bits per heavy atom. The van der Waals surface area contributed by atoms with Crippen LogP contribution in [-0.2, 0) is 0 Å². The van der Waals surface area contributed by atoms with Crippen LogP contribution < -0.4 is 16.4 Å². The number of thiocarbonyl (C=S) groups is 1. The third kappa shape index (κ3) is 4.07. The third-order valence-electron chi connectivity index (χ3n) is 2.90. The van der Waals surface area contributed by atoms with Crippen LogP contribution in [0.25, 0.3) is 0 Å². The molecule has 2 rings (SSSR count). The van der Waals surface area contributed by atoms with Gasteiger partial charge in [0.2, 0.25) is 5.91 Å². The molecular formula is C15H10F3N3O2S. The van der Waals surface area contributed by atoms with Crippen molar-refractivity contribution >= 4 is 34.8 Å². The van der Waals surface area contributed by atoms with Gasteiger partial charge in [0.1, 0.15) is 0 Å². The lowest BCUT2D eigenvalue weighted by atomic mass is 10.2. The number of amides is 2. The molecule has 2 aromatic carbocycles. The maximum atomic E-state index is 13.1. The first-order valence-electron chi connectivity index (χ1n) is 6.44. The van der Waals surface area contributed by atoms with Crippen LogP contribution in [-0.4, -0.2) is 16.9 Å². The molecule has 5 nitrogen and oxygen atoms in total. The molecule has 0 bridgehead atoms. The number of benzene rings is 2. The van der Waals surface area contributed by atoms with Crippen LogP contribution in [0.2, 0.25) is 0 Å². The minimum atomic E-state index is -1.67. The van der Waals surface area contributed by atoms with Crippen molar-refractivity contribution in [3.63, 3.8) is 0 Å². The largest absolute Gasteiger partial charge is 0.366 e. The van der Waals surface area contributed by atoms with Gasteiger partial charge in [-0.3, -0.25) is 14.9 Å². The highest BCUT2D eigenvalue weighted by Gasteiger charge is 2.16. The van der Waals surface area contributed by atoms with Gasteiger partial charge in [0.15, 0.2) is 22.6 Å². The molecule has 0 saturated heterocycles. The fraction of sp³-hybridized carbons (Fsp3) is 0. The van der Waals surface area contributed by atoms with Crippen molar-refractivity contribution in [1.82, 2.24) is 5.32 Å². The summed E-state index contributed by atoms with van der Waals surface area (Å²) >= 11 is 4.89. The number of nitrogens with one attached hydrogen (secondary N) is 2. The lowest BCUT2D eigenvalue weighted by Gasteiger charge is -2.10. The van der Waals surface area contributed by atoms with E-state index in [0.29, 0.717) is 17.8 Å². The summed E-state index contributed by atoms with van der Waals surface area (Å²) in [6.45, 7) is 0. The molecule has 0 aliphatic carbocycles. The monoisotopic (exact) mass is 353 g/mol. The van der Waals surface area contributed by atoms with Gasteiger partial charge in [-0.2, -0.15) is 0 Å². The highest BCUT2D eigenvalue weighted by molar-refractivity contribution is 7.80. The van der Waals surface area contributed by atoms with Crippen molar-refractivity contribution in [2.75, 3.05) is 5.32 Å². The molecule has 124 valence electrons. The number of primary amides is 1. The fourth-order valence-corrected chi connectivity index (χ4v) is 1.95. The summed E-state index contributed by atoms with van der Waals surface area (Å²) in [5.74, 6) is -6.15. The number of carbonyl (C=O) groups excluding carboxylic acids is 2. The molecule has 0 aliphatic heterocycles. The lowest BCUT2D eigenvalue weighted by molar-refractivity contribution is 0.0974. The second-order valence-corrected chi connectivity index (χ2v) is 5.01. The average molecular weight is 353 g/mol. The van der Waals surface area contributed by atoms with E-state index in [1.807, 2.05) is 0 Å². The number of nitrogens with two attached hydrogens (primary N) is 1. The number of carbonyl (C=O) groups is 2. The van der Waals surface area contributed by atoms with Crippen LogP contribution >= 0.6 is 12.2 Å². The molecule has 9 heteroatoms. The smallest absolute Gasteiger partial charge is 0.257 e. The highest BCUT2D eigenvalue weighted by Crippen LogP contribution is 2.14. The fourth-order valence-electron chi connectivity index (χ4n) is 1.74. The number of hydrogen-bond acceptors (Lipinski definition) is 3. The molecule has 0 heterocycles. The molecule has 0 unspecified atom stereocenters. The Morgan fingerprint density at radius 2 is 1.50 bits per heavy atom. The Bertz CT molecular complexity index is 802. The summed E-state index contributed by atoms with van der Waals surface area (Å²) in [6, 6.07) is 6.99. The molecule has 0 aromatic heterocycles. The average Bonchev–Trinajstić information content (AvgIpc) is 2.52. The molecule has 0 aliphatic rings. The normalized spacial score (nSPS) is 10.1. The molecule has 2 aromatic rings. The van der Waals surface area contributed by atoms with Crippen LogP contribution in [0.3, 0.4) is 0 Å². The number of halogens is 3. The lowest BCUT2D eigenvalue weighted by Crippen LogP contribution is -2.34.